The molecule has 0 aliphatic carbocycles. The molecule has 0 saturated carbocycles. The number of benzene rings is 1. The van der Waals surface area contributed by atoms with Crippen molar-refractivity contribution in [2.75, 3.05) is 0 Å². The Morgan fingerprint density at radius 3 is 2.43 bits per heavy atom. The molecule has 1 aromatic rings. The largest absolute Gasteiger partial charge is 0.340 e. The number of hydrogen-bond donors (Lipinski definition) is 1. The molecule has 3 amide bonds. The summed E-state index contributed by atoms with van der Waals surface area (Å²) in [6.07, 6.45) is 2.78. The van der Waals surface area contributed by atoms with Gasteiger partial charge in [0.05, 0.1) is 0 Å². The average Bonchev–Trinajstić information content (AvgIpc) is 2.15. The first-order valence-corrected chi connectivity index (χ1v) is 3.98. The summed E-state index contributed by atoms with van der Waals surface area (Å²) in [6, 6.07) is 8.09. The summed E-state index contributed by atoms with van der Waals surface area (Å²) in [5.41, 5.74) is 7.35. The van der Waals surface area contributed by atoms with Crippen molar-refractivity contribution in [3.63, 3.8) is 0 Å². The molecule has 4 heteroatoms. The van der Waals surface area contributed by atoms with Gasteiger partial charge in [0.25, 0.3) is 5.91 Å². The fourth-order valence-electron chi connectivity index (χ4n) is 0.890. The molecule has 0 bridgehead atoms. The topological polar surface area (TPSA) is 70.0 Å². The number of carbonyl (C=O) groups is 2. The van der Waals surface area contributed by atoms with Crippen molar-refractivity contribution < 1.29 is 9.59 Å². The van der Waals surface area contributed by atoms with Crippen LogP contribution in [0, 0.1) is 0 Å². The maximum absolute atomic E-state index is 10.9. The van der Waals surface area contributed by atoms with Crippen molar-refractivity contribution in [2.24, 2.45) is 0 Å². The number of hydrogen-bond acceptors (Lipinski definition) is 2. The quantitative estimate of drug-likeness (QED) is 0.710. The second-order valence-electron chi connectivity index (χ2n) is 2.56. The van der Waals surface area contributed by atoms with Crippen molar-refractivity contribution in [1.29, 1.82) is 0 Å². The number of amides is 3. The van der Waals surface area contributed by atoms with E-state index in [0.29, 0.717) is 0 Å². The normalized spacial score (nSPS) is 10.0. The number of nitrogens with one attached hydrogen (secondary N) is 2. The van der Waals surface area contributed by atoms with Gasteiger partial charge in [-0.2, -0.15) is 0 Å². The zero-order chi connectivity index (χ0) is 10.4. The molecule has 0 unspecified atom stereocenters. The first kappa shape index (κ1) is 9.98. The predicted octanol–water partition coefficient (Wildman–Crippen LogP) is 1.22. The van der Waals surface area contributed by atoms with Crippen LogP contribution in [-0.2, 0) is 4.79 Å². The smallest absolute Gasteiger partial charge is 0.273 e. The van der Waals surface area contributed by atoms with Crippen molar-refractivity contribution >= 4 is 18.0 Å². The summed E-state index contributed by atoms with van der Waals surface area (Å²) >= 11 is 0. The Kier molecular flexibility index (Phi) is 3.43. The molecule has 0 aliphatic rings. The van der Waals surface area contributed by atoms with Crippen LogP contribution in [0.3, 0.4) is 0 Å². The molecule has 0 saturated heterocycles. The van der Waals surface area contributed by atoms with Crippen molar-refractivity contribution in [3.8, 4) is 0 Å². The SMILES string of the molecule is [NH]C(=O)NC(=O)/C=C/c1ccccc1. The van der Waals surface area contributed by atoms with Gasteiger partial charge in [0.2, 0.25) is 0 Å². The van der Waals surface area contributed by atoms with E-state index in [1.807, 2.05) is 35.6 Å². The fraction of sp³-hybridized carbons (Fsp3) is 0. The molecule has 0 fully saturated rings. The number of rotatable bonds is 2. The van der Waals surface area contributed by atoms with Gasteiger partial charge in [-0.25, -0.2) is 10.5 Å². The Bertz CT molecular complexity index is 358. The standard InChI is InChI=1S/C10H9N2O2/c11-10(14)12-9(13)7-6-8-4-2-1-3-5-8/h1-7,11H,(H,12,13,14)/b7-6+. The lowest BCUT2D eigenvalue weighted by molar-refractivity contribution is -0.115. The summed E-state index contributed by atoms with van der Waals surface area (Å²) in [6.45, 7) is 0. The first-order chi connectivity index (χ1) is 6.68. The van der Waals surface area contributed by atoms with E-state index in [9.17, 15) is 9.59 Å². The van der Waals surface area contributed by atoms with Crippen molar-refractivity contribution in [1.82, 2.24) is 11.1 Å². The Balaban J connectivity index is 2.56. The molecule has 1 rings (SSSR count). The van der Waals surface area contributed by atoms with Crippen LogP contribution < -0.4 is 11.1 Å². The van der Waals surface area contributed by atoms with Crippen LogP contribution in [0.2, 0.25) is 0 Å². The Hall–Kier alpha value is -2.10. The van der Waals surface area contributed by atoms with Gasteiger partial charge in [-0.05, 0) is 11.6 Å². The highest BCUT2D eigenvalue weighted by Gasteiger charge is 1.98. The molecule has 4 nitrogen and oxygen atoms in total. The van der Waals surface area contributed by atoms with Gasteiger partial charge in [0.1, 0.15) is 0 Å². The van der Waals surface area contributed by atoms with Gasteiger partial charge < -0.3 is 0 Å². The molecule has 0 aromatic heterocycles. The predicted molar refractivity (Wildman–Crippen MR) is 52.1 cm³/mol. The third-order valence-corrected chi connectivity index (χ3v) is 1.46. The highest BCUT2D eigenvalue weighted by Crippen LogP contribution is 2.00. The van der Waals surface area contributed by atoms with Gasteiger partial charge in [0.15, 0.2) is 0 Å². The van der Waals surface area contributed by atoms with E-state index in [2.05, 4.69) is 0 Å². The summed E-state index contributed by atoms with van der Waals surface area (Å²) in [5, 5.41) is 1.82. The van der Waals surface area contributed by atoms with E-state index in [4.69, 9.17) is 5.73 Å². The highest BCUT2D eigenvalue weighted by molar-refractivity contribution is 6.01. The number of carbonyl (C=O) groups excluding carboxylic acids is 2. The van der Waals surface area contributed by atoms with Crippen LogP contribution in [0.4, 0.5) is 4.79 Å². The first-order valence-electron chi connectivity index (χ1n) is 3.98. The lowest BCUT2D eigenvalue weighted by Gasteiger charge is -1.93. The Morgan fingerprint density at radius 2 is 1.86 bits per heavy atom. The average molecular weight is 189 g/mol. The molecule has 71 valence electrons. The molecular formula is C10H9N2O2. The minimum atomic E-state index is -1.10. The van der Waals surface area contributed by atoms with E-state index in [1.54, 1.807) is 6.08 Å². The van der Waals surface area contributed by atoms with Gasteiger partial charge in [-0.15, -0.1) is 0 Å². The molecule has 0 atom stereocenters. The second kappa shape index (κ2) is 4.81. The van der Waals surface area contributed by atoms with Crippen LogP contribution in [0.25, 0.3) is 6.08 Å². The van der Waals surface area contributed by atoms with Gasteiger partial charge in [-0.1, -0.05) is 30.3 Å². The van der Waals surface area contributed by atoms with Crippen molar-refractivity contribution in [3.05, 3.63) is 42.0 Å². The van der Waals surface area contributed by atoms with Gasteiger partial charge >= 0.3 is 6.03 Å². The van der Waals surface area contributed by atoms with Gasteiger partial charge in [0, 0.05) is 6.08 Å². The number of urea groups is 1. The van der Waals surface area contributed by atoms with E-state index in [0.717, 1.165) is 5.56 Å². The number of imide groups is 1. The zero-order valence-corrected chi connectivity index (χ0v) is 7.36. The molecular weight excluding hydrogens is 180 g/mol. The van der Waals surface area contributed by atoms with E-state index in [1.165, 1.54) is 6.08 Å². The molecule has 2 N–H and O–H groups in total. The van der Waals surface area contributed by atoms with Gasteiger partial charge in [-0.3, -0.25) is 10.1 Å². The third kappa shape index (κ3) is 3.53. The summed E-state index contributed by atoms with van der Waals surface area (Å²) in [7, 11) is 0. The lowest BCUT2D eigenvalue weighted by atomic mass is 10.2. The maximum Gasteiger partial charge on any atom is 0.340 e. The Morgan fingerprint density at radius 1 is 1.21 bits per heavy atom. The summed E-state index contributed by atoms with van der Waals surface area (Å²) in [5.74, 6) is -0.589. The van der Waals surface area contributed by atoms with Crippen LogP contribution in [0.1, 0.15) is 5.56 Å². The fourth-order valence-corrected chi connectivity index (χ4v) is 0.890. The summed E-state index contributed by atoms with van der Waals surface area (Å²) in [4.78, 5) is 21.1. The monoisotopic (exact) mass is 189 g/mol. The second-order valence-corrected chi connectivity index (χ2v) is 2.56. The summed E-state index contributed by atoms with van der Waals surface area (Å²) < 4.78 is 0. The lowest BCUT2D eigenvalue weighted by Crippen LogP contribution is -2.27. The van der Waals surface area contributed by atoms with E-state index < -0.39 is 11.9 Å². The molecule has 14 heavy (non-hydrogen) atoms. The molecule has 1 aromatic carbocycles. The van der Waals surface area contributed by atoms with Crippen LogP contribution in [-0.4, -0.2) is 11.9 Å². The zero-order valence-electron chi connectivity index (χ0n) is 7.36. The van der Waals surface area contributed by atoms with Crippen LogP contribution >= 0.6 is 0 Å². The van der Waals surface area contributed by atoms with E-state index in [-0.39, 0.29) is 0 Å². The Labute approximate surface area is 81.4 Å². The highest BCUT2D eigenvalue weighted by atomic mass is 16.2. The molecule has 1 radical (unpaired) electrons. The maximum atomic E-state index is 10.9. The minimum Gasteiger partial charge on any atom is -0.273 e. The third-order valence-electron chi connectivity index (χ3n) is 1.46. The molecule has 0 aliphatic heterocycles. The van der Waals surface area contributed by atoms with Crippen molar-refractivity contribution in [2.45, 2.75) is 0 Å². The minimum absolute atomic E-state index is 0.589. The molecule has 0 spiro atoms. The molecule has 0 heterocycles. The van der Waals surface area contributed by atoms with Crippen LogP contribution in [0.5, 0.6) is 0 Å². The van der Waals surface area contributed by atoms with E-state index >= 15 is 0 Å². The van der Waals surface area contributed by atoms with Crippen LogP contribution in [0.15, 0.2) is 36.4 Å².